The Morgan fingerprint density at radius 2 is 2.10 bits per heavy atom. The molecule has 20 heavy (non-hydrogen) atoms. The molecule has 1 fully saturated rings. The highest BCUT2D eigenvalue weighted by molar-refractivity contribution is 7.18. The van der Waals surface area contributed by atoms with Crippen molar-refractivity contribution in [1.29, 1.82) is 0 Å². The molecular weight excluding hydrogens is 309 g/mol. The van der Waals surface area contributed by atoms with Crippen LogP contribution in [-0.2, 0) is 4.74 Å². The van der Waals surface area contributed by atoms with E-state index in [1.54, 1.807) is 6.07 Å². The van der Waals surface area contributed by atoms with Gasteiger partial charge in [0.25, 0.3) is 0 Å². The lowest BCUT2D eigenvalue weighted by Gasteiger charge is -2.11. The van der Waals surface area contributed by atoms with E-state index in [4.69, 9.17) is 21.4 Å². The number of aromatic nitrogens is 1. The third-order valence-electron chi connectivity index (χ3n) is 3.22. The summed E-state index contributed by atoms with van der Waals surface area (Å²) < 4.78 is 19.6. The number of rotatable bonds is 2. The van der Waals surface area contributed by atoms with Gasteiger partial charge in [-0.15, -0.1) is 11.3 Å². The van der Waals surface area contributed by atoms with E-state index >= 15 is 0 Å². The number of halogens is 2. The van der Waals surface area contributed by atoms with Crippen molar-refractivity contribution in [2.45, 2.75) is 24.4 Å². The van der Waals surface area contributed by atoms with Crippen molar-refractivity contribution >= 4 is 33.2 Å². The van der Waals surface area contributed by atoms with Gasteiger partial charge in [0.2, 0.25) is 0 Å². The molecule has 2 heterocycles. The van der Waals surface area contributed by atoms with Crippen LogP contribution in [0.5, 0.6) is 0 Å². The fraction of sp³-hybridized carbons (Fsp3) is 0.417. The molecule has 0 spiro atoms. The summed E-state index contributed by atoms with van der Waals surface area (Å²) in [5.41, 5.74) is 0.145. The largest absolute Gasteiger partial charge is 0.394 e. The van der Waals surface area contributed by atoms with Gasteiger partial charge >= 0.3 is 0 Å². The molecule has 0 aliphatic carbocycles. The molecule has 3 N–H and O–H groups in total. The van der Waals surface area contributed by atoms with Crippen LogP contribution in [0, 0.1) is 5.82 Å². The highest BCUT2D eigenvalue weighted by Crippen LogP contribution is 2.38. The minimum absolute atomic E-state index is 0.145. The monoisotopic (exact) mass is 319 g/mol. The maximum Gasteiger partial charge on any atom is 0.151 e. The van der Waals surface area contributed by atoms with E-state index in [1.807, 2.05) is 0 Å². The van der Waals surface area contributed by atoms with Crippen LogP contribution < -0.4 is 0 Å². The molecule has 0 radical (unpaired) electrons. The second-order valence-corrected chi connectivity index (χ2v) is 6.04. The van der Waals surface area contributed by atoms with Crippen LogP contribution in [0.4, 0.5) is 4.39 Å². The number of hydrogen-bond donors (Lipinski definition) is 3. The van der Waals surface area contributed by atoms with Crippen molar-refractivity contribution < 1.29 is 24.4 Å². The number of aliphatic hydroxyl groups excluding tert-OH is 3. The quantitative estimate of drug-likeness (QED) is 0.776. The van der Waals surface area contributed by atoms with Gasteiger partial charge < -0.3 is 20.1 Å². The Hall–Kier alpha value is -0.830. The molecule has 1 aromatic carbocycles. The molecule has 2 aromatic rings. The van der Waals surface area contributed by atoms with Gasteiger partial charge in [-0.2, -0.15) is 0 Å². The van der Waals surface area contributed by atoms with E-state index in [0.717, 1.165) is 17.4 Å². The Morgan fingerprint density at radius 3 is 2.75 bits per heavy atom. The molecule has 1 aliphatic rings. The maximum absolute atomic E-state index is 13.7. The van der Waals surface area contributed by atoms with E-state index < -0.39 is 36.8 Å². The second-order valence-electron chi connectivity index (χ2n) is 4.55. The number of thiazole rings is 1. The van der Waals surface area contributed by atoms with Gasteiger partial charge in [-0.25, -0.2) is 9.37 Å². The van der Waals surface area contributed by atoms with E-state index in [1.165, 1.54) is 0 Å². The van der Waals surface area contributed by atoms with E-state index in [9.17, 15) is 14.6 Å². The van der Waals surface area contributed by atoms with Crippen LogP contribution in [0.15, 0.2) is 12.1 Å². The summed E-state index contributed by atoms with van der Waals surface area (Å²) in [6, 6.07) is 2.73. The van der Waals surface area contributed by atoms with Crippen LogP contribution in [0.1, 0.15) is 11.1 Å². The second kappa shape index (κ2) is 5.18. The van der Waals surface area contributed by atoms with Gasteiger partial charge in [-0.05, 0) is 12.1 Å². The van der Waals surface area contributed by atoms with Crippen molar-refractivity contribution in [3.8, 4) is 0 Å². The Labute approximate surface area is 122 Å². The molecule has 1 aromatic heterocycles. The van der Waals surface area contributed by atoms with Gasteiger partial charge in [0.05, 0.1) is 11.3 Å². The van der Waals surface area contributed by atoms with Crippen molar-refractivity contribution in [3.63, 3.8) is 0 Å². The van der Waals surface area contributed by atoms with Gasteiger partial charge in [0.15, 0.2) is 5.82 Å². The Kier molecular flexibility index (Phi) is 3.65. The van der Waals surface area contributed by atoms with E-state index in [-0.39, 0.29) is 10.5 Å². The SMILES string of the molecule is OC[C@H]1O[C@@H](c2nc3c(F)cc(Cl)cc3s2)[C@H](O)[C@@H]1O. The van der Waals surface area contributed by atoms with Crippen molar-refractivity contribution in [1.82, 2.24) is 4.98 Å². The molecule has 5 nitrogen and oxygen atoms in total. The molecule has 108 valence electrons. The first-order chi connectivity index (χ1) is 9.51. The van der Waals surface area contributed by atoms with Crippen molar-refractivity contribution in [3.05, 3.63) is 28.0 Å². The van der Waals surface area contributed by atoms with Crippen LogP contribution in [0.25, 0.3) is 10.2 Å². The van der Waals surface area contributed by atoms with Crippen LogP contribution >= 0.6 is 22.9 Å². The smallest absolute Gasteiger partial charge is 0.151 e. The van der Waals surface area contributed by atoms with Gasteiger partial charge in [0.1, 0.15) is 34.9 Å². The summed E-state index contributed by atoms with van der Waals surface area (Å²) in [7, 11) is 0. The zero-order chi connectivity index (χ0) is 14.4. The molecule has 1 aliphatic heterocycles. The number of hydrogen-bond acceptors (Lipinski definition) is 6. The zero-order valence-corrected chi connectivity index (χ0v) is 11.6. The third-order valence-corrected chi connectivity index (χ3v) is 4.50. The summed E-state index contributed by atoms with van der Waals surface area (Å²) in [4.78, 5) is 4.10. The molecular formula is C12H11ClFNO4S. The fourth-order valence-corrected chi connectivity index (χ4v) is 3.57. The molecule has 3 rings (SSSR count). The minimum Gasteiger partial charge on any atom is -0.394 e. The molecule has 0 unspecified atom stereocenters. The number of aliphatic hydroxyl groups is 3. The highest BCUT2D eigenvalue weighted by Gasteiger charge is 2.44. The van der Waals surface area contributed by atoms with Crippen LogP contribution in [0.3, 0.4) is 0 Å². The van der Waals surface area contributed by atoms with Gasteiger partial charge in [-0.1, -0.05) is 11.6 Å². The van der Waals surface area contributed by atoms with Crippen LogP contribution in [0.2, 0.25) is 5.02 Å². The van der Waals surface area contributed by atoms with Gasteiger partial charge in [0, 0.05) is 5.02 Å². The molecule has 0 saturated carbocycles. The molecule has 0 amide bonds. The highest BCUT2D eigenvalue weighted by atomic mass is 35.5. The fourth-order valence-electron chi connectivity index (χ4n) is 2.20. The maximum atomic E-state index is 13.7. The Balaban J connectivity index is 2.01. The lowest BCUT2D eigenvalue weighted by Crippen LogP contribution is -2.32. The summed E-state index contributed by atoms with van der Waals surface area (Å²) in [6.45, 7) is -0.417. The average molecular weight is 320 g/mol. The molecule has 8 heteroatoms. The average Bonchev–Trinajstić information content (AvgIpc) is 2.93. The summed E-state index contributed by atoms with van der Waals surface area (Å²) in [5.74, 6) is -0.554. The van der Waals surface area contributed by atoms with Crippen molar-refractivity contribution in [2.24, 2.45) is 0 Å². The predicted molar refractivity (Wildman–Crippen MR) is 71.3 cm³/mol. The third kappa shape index (κ3) is 2.20. The summed E-state index contributed by atoms with van der Waals surface area (Å²) in [5, 5.41) is 29.3. The lowest BCUT2D eigenvalue weighted by atomic mass is 10.1. The summed E-state index contributed by atoms with van der Waals surface area (Å²) >= 11 is 6.90. The lowest BCUT2D eigenvalue weighted by molar-refractivity contribution is -0.0227. The first-order valence-electron chi connectivity index (χ1n) is 5.89. The van der Waals surface area contributed by atoms with Crippen LogP contribution in [-0.4, -0.2) is 45.2 Å². The number of fused-ring (bicyclic) bond motifs is 1. The zero-order valence-electron chi connectivity index (χ0n) is 10.0. The first kappa shape index (κ1) is 14.1. The normalized spacial score (nSPS) is 30.2. The minimum atomic E-state index is -1.22. The number of nitrogens with zero attached hydrogens (tertiary/aromatic N) is 1. The Bertz CT molecular complexity index is 652. The first-order valence-corrected chi connectivity index (χ1v) is 7.08. The number of benzene rings is 1. The number of ether oxygens (including phenoxy) is 1. The van der Waals surface area contributed by atoms with E-state index in [0.29, 0.717) is 9.71 Å². The topological polar surface area (TPSA) is 82.8 Å². The van der Waals surface area contributed by atoms with E-state index in [2.05, 4.69) is 4.98 Å². The predicted octanol–water partition coefficient (Wildman–Crippen LogP) is 1.24. The Morgan fingerprint density at radius 1 is 1.35 bits per heavy atom. The molecule has 4 atom stereocenters. The van der Waals surface area contributed by atoms with Gasteiger partial charge in [-0.3, -0.25) is 0 Å². The standard InChI is InChI=1S/C12H11ClFNO4S/c13-4-1-5(14)8-7(2-4)20-12(15-8)11-10(18)9(17)6(3-16)19-11/h1-2,6,9-11,16-18H,3H2/t6-,9-,10-,11-/m1/s1. The molecule has 0 bridgehead atoms. The molecule has 1 saturated heterocycles. The van der Waals surface area contributed by atoms with Crippen molar-refractivity contribution in [2.75, 3.05) is 6.61 Å². The summed E-state index contributed by atoms with van der Waals surface area (Å²) in [6.07, 6.45) is -4.19.